The lowest BCUT2D eigenvalue weighted by Gasteiger charge is -2.16. The molecule has 0 saturated carbocycles. The fraction of sp³-hybridized carbons (Fsp3) is 0.160. The van der Waals surface area contributed by atoms with E-state index in [-0.39, 0.29) is 5.91 Å². The Morgan fingerprint density at radius 2 is 1.34 bits per heavy atom. The van der Waals surface area contributed by atoms with Crippen molar-refractivity contribution in [2.75, 3.05) is 13.2 Å². The minimum absolute atomic E-state index is 0.167. The number of carbonyl (C=O) groups is 1. The van der Waals surface area contributed by atoms with Crippen molar-refractivity contribution >= 4 is 27.5 Å². The predicted molar refractivity (Wildman–Crippen MR) is 116 cm³/mol. The molecule has 1 amide bonds. The third kappa shape index (κ3) is 4.32. The minimum atomic E-state index is -0.599. The molecule has 146 valence electrons. The van der Waals surface area contributed by atoms with Crippen LogP contribution in [-0.4, -0.2) is 25.2 Å². The Hall–Kier alpha value is -3.53. The van der Waals surface area contributed by atoms with Crippen LogP contribution in [0.1, 0.15) is 6.92 Å². The molecule has 0 aliphatic carbocycles. The number of hydrogen-bond donors (Lipinski definition) is 1. The minimum Gasteiger partial charge on any atom is -0.491 e. The molecule has 0 fully saturated rings. The van der Waals surface area contributed by atoms with Crippen LogP contribution < -0.4 is 14.8 Å². The summed E-state index contributed by atoms with van der Waals surface area (Å²) in [4.78, 5) is 12.4. The Morgan fingerprint density at radius 3 is 2.03 bits per heavy atom. The van der Waals surface area contributed by atoms with Gasteiger partial charge in [0.2, 0.25) is 0 Å². The Morgan fingerprint density at radius 1 is 0.793 bits per heavy atom. The van der Waals surface area contributed by atoms with Crippen LogP contribution in [0.3, 0.4) is 0 Å². The van der Waals surface area contributed by atoms with Crippen molar-refractivity contribution in [3.63, 3.8) is 0 Å². The van der Waals surface area contributed by atoms with Crippen molar-refractivity contribution in [2.24, 2.45) is 0 Å². The summed E-state index contributed by atoms with van der Waals surface area (Å²) < 4.78 is 11.8. The number of nitrogens with one attached hydrogen (secondary N) is 1. The van der Waals surface area contributed by atoms with Gasteiger partial charge < -0.3 is 14.8 Å². The third-order valence-electron chi connectivity index (χ3n) is 4.83. The first kappa shape index (κ1) is 18.8. The largest absolute Gasteiger partial charge is 0.491 e. The molecular formula is C25H23NO3. The van der Waals surface area contributed by atoms with Gasteiger partial charge in [0.25, 0.3) is 5.91 Å². The number of amides is 1. The van der Waals surface area contributed by atoms with E-state index in [0.717, 1.165) is 27.3 Å². The van der Waals surface area contributed by atoms with Crippen LogP contribution in [0.2, 0.25) is 0 Å². The molecule has 0 bridgehead atoms. The van der Waals surface area contributed by atoms with Gasteiger partial charge in [-0.3, -0.25) is 4.79 Å². The van der Waals surface area contributed by atoms with Crippen LogP contribution in [0.15, 0.2) is 84.9 Å². The molecule has 0 unspecified atom stereocenters. The Labute approximate surface area is 170 Å². The summed E-state index contributed by atoms with van der Waals surface area (Å²) in [6.45, 7) is 2.55. The summed E-state index contributed by atoms with van der Waals surface area (Å²) in [5.41, 5.74) is 0. The lowest BCUT2D eigenvalue weighted by molar-refractivity contribution is -0.127. The van der Waals surface area contributed by atoms with Crippen LogP contribution in [0.4, 0.5) is 0 Å². The van der Waals surface area contributed by atoms with Crippen molar-refractivity contribution in [1.29, 1.82) is 0 Å². The first-order valence-corrected chi connectivity index (χ1v) is 9.75. The summed E-state index contributed by atoms with van der Waals surface area (Å²) in [5.74, 6) is 1.36. The molecule has 4 aromatic rings. The fourth-order valence-electron chi connectivity index (χ4n) is 3.34. The van der Waals surface area contributed by atoms with Gasteiger partial charge in [-0.05, 0) is 29.8 Å². The van der Waals surface area contributed by atoms with E-state index >= 15 is 0 Å². The second-order valence-electron chi connectivity index (χ2n) is 6.85. The second kappa shape index (κ2) is 8.65. The maximum Gasteiger partial charge on any atom is 0.260 e. The van der Waals surface area contributed by atoms with Crippen LogP contribution >= 0.6 is 0 Å². The van der Waals surface area contributed by atoms with Gasteiger partial charge in [0.15, 0.2) is 6.10 Å². The molecule has 0 aliphatic rings. The van der Waals surface area contributed by atoms with Crippen LogP contribution in [-0.2, 0) is 4.79 Å². The van der Waals surface area contributed by atoms with Crippen molar-refractivity contribution in [3.8, 4) is 11.5 Å². The summed E-state index contributed by atoms with van der Waals surface area (Å²) >= 11 is 0. The zero-order chi connectivity index (χ0) is 20.1. The van der Waals surface area contributed by atoms with Crippen LogP contribution in [0.25, 0.3) is 21.5 Å². The molecule has 4 rings (SSSR count). The normalized spacial score (nSPS) is 11.9. The van der Waals surface area contributed by atoms with Gasteiger partial charge in [0.05, 0.1) is 6.54 Å². The van der Waals surface area contributed by atoms with E-state index in [1.165, 1.54) is 0 Å². The molecule has 4 nitrogen and oxygen atoms in total. The average Bonchev–Trinajstić information content (AvgIpc) is 2.77. The molecule has 4 aromatic carbocycles. The number of fused-ring (bicyclic) bond motifs is 2. The van der Waals surface area contributed by atoms with Gasteiger partial charge in [0.1, 0.15) is 18.1 Å². The highest BCUT2D eigenvalue weighted by Crippen LogP contribution is 2.26. The van der Waals surface area contributed by atoms with Gasteiger partial charge in [0, 0.05) is 10.8 Å². The lowest BCUT2D eigenvalue weighted by atomic mass is 10.1. The Balaban J connectivity index is 1.31. The van der Waals surface area contributed by atoms with E-state index in [1.807, 2.05) is 72.8 Å². The quantitative estimate of drug-likeness (QED) is 0.458. The molecule has 0 aromatic heterocycles. The highest BCUT2D eigenvalue weighted by molar-refractivity contribution is 5.89. The summed E-state index contributed by atoms with van der Waals surface area (Å²) in [7, 11) is 0. The highest BCUT2D eigenvalue weighted by Gasteiger charge is 2.15. The summed E-state index contributed by atoms with van der Waals surface area (Å²) in [5, 5.41) is 7.15. The maximum atomic E-state index is 12.4. The second-order valence-corrected chi connectivity index (χ2v) is 6.85. The number of hydrogen-bond acceptors (Lipinski definition) is 3. The highest BCUT2D eigenvalue weighted by atomic mass is 16.5. The van der Waals surface area contributed by atoms with Crippen LogP contribution in [0.5, 0.6) is 11.5 Å². The molecule has 29 heavy (non-hydrogen) atoms. The molecule has 1 atom stereocenters. The van der Waals surface area contributed by atoms with Crippen molar-refractivity contribution in [2.45, 2.75) is 13.0 Å². The fourth-order valence-corrected chi connectivity index (χ4v) is 3.34. The lowest BCUT2D eigenvalue weighted by Crippen LogP contribution is -2.38. The molecular weight excluding hydrogens is 362 g/mol. The van der Waals surface area contributed by atoms with Gasteiger partial charge in [-0.2, -0.15) is 0 Å². The standard InChI is InChI=1S/C25H23NO3/c1-18(29-24-15-7-11-20-9-3-5-13-22(20)24)25(27)26-16-17-28-23-14-6-10-19-8-2-4-12-21(19)23/h2-15,18H,16-17H2,1H3,(H,26,27)/t18-/m0/s1. The molecule has 0 saturated heterocycles. The molecule has 0 radical (unpaired) electrons. The first-order chi connectivity index (χ1) is 14.2. The molecule has 4 heteroatoms. The summed E-state index contributed by atoms with van der Waals surface area (Å²) in [6.07, 6.45) is -0.599. The van der Waals surface area contributed by atoms with Gasteiger partial charge in [-0.25, -0.2) is 0 Å². The van der Waals surface area contributed by atoms with Crippen molar-refractivity contribution in [3.05, 3.63) is 84.9 Å². The predicted octanol–water partition coefficient (Wildman–Crippen LogP) is 4.96. The zero-order valence-corrected chi connectivity index (χ0v) is 16.3. The number of rotatable bonds is 7. The molecule has 0 heterocycles. The SMILES string of the molecule is C[C@H](Oc1cccc2ccccc12)C(=O)NCCOc1cccc2ccccc12. The third-order valence-corrected chi connectivity index (χ3v) is 4.83. The van der Waals surface area contributed by atoms with E-state index in [1.54, 1.807) is 6.92 Å². The van der Waals surface area contributed by atoms with Crippen molar-refractivity contribution in [1.82, 2.24) is 5.32 Å². The summed E-state index contributed by atoms with van der Waals surface area (Å²) in [6, 6.07) is 27.8. The van der Waals surface area contributed by atoms with Crippen LogP contribution in [0, 0.1) is 0 Å². The smallest absolute Gasteiger partial charge is 0.260 e. The Kier molecular flexibility index (Phi) is 5.61. The first-order valence-electron chi connectivity index (χ1n) is 9.75. The molecule has 0 spiro atoms. The van der Waals surface area contributed by atoms with Gasteiger partial charge in [-0.1, -0.05) is 72.8 Å². The van der Waals surface area contributed by atoms with Gasteiger partial charge in [-0.15, -0.1) is 0 Å². The number of ether oxygens (including phenoxy) is 2. The molecule has 0 aliphatic heterocycles. The van der Waals surface area contributed by atoms with Crippen molar-refractivity contribution < 1.29 is 14.3 Å². The van der Waals surface area contributed by atoms with E-state index in [4.69, 9.17) is 9.47 Å². The van der Waals surface area contributed by atoms with Gasteiger partial charge >= 0.3 is 0 Å². The zero-order valence-electron chi connectivity index (χ0n) is 16.3. The monoisotopic (exact) mass is 385 g/mol. The van der Waals surface area contributed by atoms with E-state index < -0.39 is 6.10 Å². The van der Waals surface area contributed by atoms with E-state index in [2.05, 4.69) is 17.4 Å². The maximum absolute atomic E-state index is 12.4. The topological polar surface area (TPSA) is 47.6 Å². The Bertz CT molecular complexity index is 1130. The van der Waals surface area contributed by atoms with E-state index in [9.17, 15) is 4.79 Å². The number of benzene rings is 4. The van der Waals surface area contributed by atoms with E-state index in [0.29, 0.717) is 18.9 Å². The average molecular weight is 385 g/mol. The number of carbonyl (C=O) groups excluding carboxylic acids is 1. The molecule has 1 N–H and O–H groups in total.